The lowest BCUT2D eigenvalue weighted by atomic mass is 9.89. The number of ketones is 1. The van der Waals surface area contributed by atoms with Gasteiger partial charge in [-0.15, -0.1) is 0 Å². The second-order valence-corrected chi connectivity index (χ2v) is 12.6. The molecule has 262 valence electrons. The third kappa shape index (κ3) is 9.57. The molecule has 2 aromatic heterocycles. The molecule has 13 heteroatoms. The predicted molar refractivity (Wildman–Crippen MR) is 201 cm³/mol. The zero-order valence-electron chi connectivity index (χ0n) is 30.3. The molecule has 1 aromatic carbocycles. The lowest BCUT2D eigenvalue weighted by Gasteiger charge is -2.27. The third-order valence-electron chi connectivity index (χ3n) is 7.91. The number of fused-ring (bicyclic) bond motifs is 2. The predicted octanol–water partition coefficient (Wildman–Crippen LogP) is 5.75. The van der Waals surface area contributed by atoms with Crippen molar-refractivity contribution in [1.82, 2.24) is 24.9 Å². The van der Waals surface area contributed by atoms with Gasteiger partial charge in [-0.2, -0.15) is 5.10 Å². The summed E-state index contributed by atoms with van der Waals surface area (Å²) < 4.78 is 12.3. The van der Waals surface area contributed by atoms with Gasteiger partial charge in [0.05, 0.1) is 23.4 Å². The number of hydrazone groups is 1. The van der Waals surface area contributed by atoms with Gasteiger partial charge in [-0.3, -0.25) is 9.69 Å². The van der Waals surface area contributed by atoms with Crippen LogP contribution in [0.3, 0.4) is 0 Å². The molecule has 0 amide bonds. The van der Waals surface area contributed by atoms with Crippen LogP contribution in [0.25, 0.3) is 11.0 Å². The van der Waals surface area contributed by atoms with Gasteiger partial charge in [0, 0.05) is 49.3 Å². The molecule has 0 bridgehead atoms. The molecule has 0 fully saturated rings. The van der Waals surface area contributed by atoms with Crippen molar-refractivity contribution in [1.29, 1.82) is 0 Å². The molecule has 2 radical (unpaired) electrons. The number of aromatic nitrogens is 3. The lowest BCUT2D eigenvalue weighted by molar-refractivity contribution is -0.112. The summed E-state index contributed by atoms with van der Waals surface area (Å²) in [6.45, 7) is 18.2. The van der Waals surface area contributed by atoms with Gasteiger partial charge in [-0.25, -0.2) is 20.0 Å². The molecule has 2 aliphatic heterocycles. The van der Waals surface area contributed by atoms with E-state index in [4.69, 9.17) is 22.3 Å². The van der Waals surface area contributed by atoms with E-state index in [1.54, 1.807) is 31.6 Å². The first-order valence-corrected chi connectivity index (χ1v) is 16.6. The maximum Gasteiger partial charge on any atom is 0.172 e. The molecule has 0 saturated carbocycles. The van der Waals surface area contributed by atoms with Crippen LogP contribution in [-0.4, -0.2) is 89.2 Å². The summed E-state index contributed by atoms with van der Waals surface area (Å²) in [5.41, 5.74) is 3.56. The molecule has 2 aliphatic rings. The number of benzene rings is 1. The SMILES string of the molecule is C=C1C=C(Oc2cc(C)c(Nc3ncnc4cc5c(nc34)N(CCC)CC(C)CO5)cc2C)C=CN1/N=C\C.[B]C(O)(/C=C/C(C)=O)N(C)C. The molecule has 0 saturated heterocycles. The molecule has 3 aromatic rings. The number of pyridine rings is 1. The number of anilines is 3. The first-order chi connectivity index (χ1) is 23.7. The topological polar surface area (TPSA) is 129 Å². The van der Waals surface area contributed by atoms with Gasteiger partial charge in [0.1, 0.15) is 31.2 Å². The Labute approximate surface area is 296 Å². The van der Waals surface area contributed by atoms with Crippen molar-refractivity contribution in [3.05, 3.63) is 84.2 Å². The second kappa shape index (κ2) is 16.6. The van der Waals surface area contributed by atoms with Gasteiger partial charge in [0.25, 0.3) is 0 Å². The largest absolute Gasteiger partial charge is 0.489 e. The Morgan fingerprint density at radius 1 is 1.28 bits per heavy atom. The van der Waals surface area contributed by atoms with E-state index in [0.29, 0.717) is 29.6 Å². The molecular formula is C37H47BN8O4. The van der Waals surface area contributed by atoms with E-state index < -0.39 is 5.62 Å². The number of hydrogen-bond acceptors (Lipinski definition) is 12. The van der Waals surface area contributed by atoms with Gasteiger partial charge >= 0.3 is 0 Å². The molecule has 2 atom stereocenters. The summed E-state index contributed by atoms with van der Waals surface area (Å²) in [6.07, 6.45) is 12.4. The highest BCUT2D eigenvalue weighted by Gasteiger charge is 2.24. The third-order valence-corrected chi connectivity index (χ3v) is 7.91. The van der Waals surface area contributed by atoms with Crippen LogP contribution in [0.15, 0.2) is 78.2 Å². The highest BCUT2D eigenvalue weighted by Crippen LogP contribution is 2.36. The van der Waals surface area contributed by atoms with Crippen LogP contribution in [0, 0.1) is 19.8 Å². The Morgan fingerprint density at radius 3 is 2.70 bits per heavy atom. The van der Waals surface area contributed by atoms with Gasteiger partial charge in [-0.1, -0.05) is 20.4 Å². The Kier molecular flexibility index (Phi) is 12.6. The lowest BCUT2D eigenvalue weighted by Crippen LogP contribution is -2.42. The summed E-state index contributed by atoms with van der Waals surface area (Å²) >= 11 is 0. The van der Waals surface area contributed by atoms with Crippen molar-refractivity contribution in [3.63, 3.8) is 0 Å². The maximum atomic E-state index is 10.4. The van der Waals surface area contributed by atoms with Gasteiger partial charge < -0.3 is 24.8 Å². The number of aliphatic hydroxyl groups is 1. The van der Waals surface area contributed by atoms with E-state index in [1.165, 1.54) is 24.0 Å². The summed E-state index contributed by atoms with van der Waals surface area (Å²) in [5.74, 6) is 4.01. The fraction of sp³-hybridized carbons (Fsp3) is 0.378. The molecule has 50 heavy (non-hydrogen) atoms. The van der Waals surface area contributed by atoms with Crippen LogP contribution < -0.4 is 19.7 Å². The number of hydrogen-bond donors (Lipinski definition) is 2. The van der Waals surface area contributed by atoms with Crippen molar-refractivity contribution < 1.29 is 19.4 Å². The number of likely N-dealkylation sites (N-methyl/N-ethyl adjacent to an activating group) is 1. The Hall–Kier alpha value is -5.01. The van der Waals surface area contributed by atoms with Crippen molar-refractivity contribution in [3.8, 4) is 11.5 Å². The number of rotatable bonds is 10. The van der Waals surface area contributed by atoms with Crippen molar-refractivity contribution >= 4 is 48.2 Å². The van der Waals surface area contributed by atoms with Crippen molar-refractivity contribution in [2.75, 3.05) is 44.0 Å². The first-order valence-electron chi connectivity index (χ1n) is 16.6. The van der Waals surface area contributed by atoms with Crippen LogP contribution in [0.2, 0.25) is 0 Å². The molecular weight excluding hydrogens is 631 g/mol. The van der Waals surface area contributed by atoms with E-state index in [1.807, 2.05) is 51.3 Å². The molecule has 4 heterocycles. The standard InChI is InChI=1S/C30H35N7O2.C7H12BNO2/c1-7-10-36-16-19(3)17-38-27-15-25-28(35-30(27)36)29(32-18-31-25)34-24-12-21(5)26(13-20(24)4)39-23-9-11-37(33-8-2)22(6)14-23;1-6(10)4-5-7(8,11)9(2)3/h8-9,11-15,18-19H,6-7,10,16-17H2,1-5H3,(H,31,32,34);4-5,11H,1-3H3/b33-8-;5-4+. The Bertz CT molecular complexity index is 1840. The summed E-state index contributed by atoms with van der Waals surface area (Å²) in [7, 11) is 8.58. The Balaban J connectivity index is 0.000000442. The highest BCUT2D eigenvalue weighted by atomic mass is 16.5. The first kappa shape index (κ1) is 37.8. The smallest absolute Gasteiger partial charge is 0.172 e. The van der Waals surface area contributed by atoms with Crippen LogP contribution in [0.5, 0.6) is 11.5 Å². The Morgan fingerprint density at radius 2 is 2.04 bits per heavy atom. The number of nitrogens with one attached hydrogen (secondary N) is 1. The maximum absolute atomic E-state index is 10.4. The fourth-order valence-corrected chi connectivity index (χ4v) is 5.09. The zero-order chi connectivity index (χ0) is 36.6. The average molecular weight is 679 g/mol. The summed E-state index contributed by atoms with van der Waals surface area (Å²) in [5, 5.41) is 18.7. The van der Waals surface area contributed by atoms with Gasteiger partial charge in [0.15, 0.2) is 23.2 Å². The minimum Gasteiger partial charge on any atom is -0.489 e. The van der Waals surface area contributed by atoms with Gasteiger partial charge in [0.2, 0.25) is 0 Å². The molecule has 2 unspecified atom stereocenters. The van der Waals surface area contributed by atoms with Crippen molar-refractivity contribution in [2.45, 2.75) is 53.6 Å². The van der Waals surface area contributed by atoms with E-state index in [9.17, 15) is 9.90 Å². The number of allylic oxidation sites excluding steroid dienone is 3. The fourth-order valence-electron chi connectivity index (χ4n) is 5.09. The van der Waals surface area contributed by atoms with Crippen LogP contribution in [0.1, 0.15) is 45.2 Å². The minimum atomic E-state index is -1.54. The van der Waals surface area contributed by atoms with E-state index in [2.05, 4.69) is 51.8 Å². The number of carbonyl (C=O) groups excluding carboxylic acids is 1. The molecule has 2 N–H and O–H groups in total. The average Bonchev–Trinajstić information content (AvgIpc) is 3.21. The van der Waals surface area contributed by atoms with Crippen LogP contribution in [0.4, 0.5) is 17.3 Å². The monoisotopic (exact) mass is 678 g/mol. The number of ether oxygens (including phenoxy) is 2. The number of carbonyl (C=O) groups is 1. The molecule has 5 rings (SSSR count). The van der Waals surface area contributed by atoms with Crippen LogP contribution in [-0.2, 0) is 4.79 Å². The molecule has 12 nitrogen and oxygen atoms in total. The van der Waals surface area contributed by atoms with Crippen molar-refractivity contribution in [2.24, 2.45) is 11.0 Å². The van der Waals surface area contributed by atoms with E-state index >= 15 is 0 Å². The quantitative estimate of drug-likeness (QED) is 0.118. The zero-order valence-corrected chi connectivity index (χ0v) is 30.3. The minimum absolute atomic E-state index is 0.143. The molecule has 0 aliphatic carbocycles. The summed E-state index contributed by atoms with van der Waals surface area (Å²) in [4.78, 5) is 28.2. The number of aryl methyl sites for hydroxylation is 2. The normalized spacial score (nSPS) is 17.2. The summed E-state index contributed by atoms with van der Waals surface area (Å²) in [6, 6.07) is 6.06. The number of nitrogens with zero attached hydrogens (tertiary/aromatic N) is 7. The van der Waals surface area contributed by atoms with E-state index in [0.717, 1.165) is 64.9 Å². The van der Waals surface area contributed by atoms with E-state index in [-0.39, 0.29) is 5.78 Å². The molecule has 0 spiro atoms. The second-order valence-electron chi connectivity index (χ2n) is 12.6. The van der Waals surface area contributed by atoms with Crippen LogP contribution >= 0.6 is 0 Å². The highest BCUT2D eigenvalue weighted by molar-refractivity contribution is 6.15. The van der Waals surface area contributed by atoms with Gasteiger partial charge in [-0.05, 0) is 89.7 Å².